The van der Waals surface area contributed by atoms with Gasteiger partial charge in [0.05, 0.1) is 18.9 Å². The predicted octanol–water partition coefficient (Wildman–Crippen LogP) is 3.29. The minimum Gasteiger partial charge on any atom is -0.476 e. The number of aromatic nitrogens is 2. The van der Waals surface area contributed by atoms with Gasteiger partial charge in [-0.2, -0.15) is 0 Å². The van der Waals surface area contributed by atoms with Gasteiger partial charge in [0, 0.05) is 6.20 Å². The fourth-order valence-corrected chi connectivity index (χ4v) is 3.66. The Hall–Kier alpha value is -1.42. The molecule has 2 rings (SSSR count). The zero-order valence-electron chi connectivity index (χ0n) is 17.4. The maximum atomic E-state index is 12.7. The van der Waals surface area contributed by atoms with Crippen LogP contribution < -0.4 is 0 Å². The van der Waals surface area contributed by atoms with Crippen LogP contribution in [-0.2, 0) is 13.6 Å². The van der Waals surface area contributed by atoms with Gasteiger partial charge in [-0.3, -0.25) is 8.97 Å². The van der Waals surface area contributed by atoms with E-state index in [2.05, 4.69) is 18.8 Å². The number of carbonyl (C=O) groups is 1. The molecule has 0 aliphatic heterocycles. The molecule has 1 atom stereocenters. The average molecular weight is 468 g/mol. The fraction of sp³-hybridized carbons (Fsp3) is 0.529. The number of rotatable bonds is 8. The number of aliphatic hydroxyl groups is 1. The van der Waals surface area contributed by atoms with Crippen molar-refractivity contribution in [2.75, 3.05) is 13.2 Å². The molecule has 11 nitrogen and oxygen atoms in total. The number of imidazole rings is 1. The highest BCUT2D eigenvalue weighted by Gasteiger charge is 2.37. The van der Waals surface area contributed by atoms with Crippen LogP contribution in [0.1, 0.15) is 62.6 Å². The standard InChI is InChI=1S/C13H17N2O6P.C4H10.H3O3P/c1-3-20-22(19,21-4-2)13(18)10-6-5-7-11-14-9(12(16)17)8-15(10)11;1-3-4-2;1-4(2)3/h5-8,13,18H,3-4H2,1-2H3,(H,16,17);3-4H2,1-2H3;1-3H. The van der Waals surface area contributed by atoms with Crippen LogP contribution in [0.2, 0.25) is 0 Å². The van der Waals surface area contributed by atoms with Gasteiger partial charge in [0.15, 0.2) is 11.5 Å². The van der Waals surface area contributed by atoms with Crippen molar-refractivity contribution in [2.24, 2.45) is 0 Å². The van der Waals surface area contributed by atoms with E-state index in [0.29, 0.717) is 5.65 Å². The molecule has 0 saturated heterocycles. The topological polar surface area (TPSA) is 171 Å². The third-order valence-electron chi connectivity index (χ3n) is 3.42. The first-order valence-electron chi connectivity index (χ1n) is 9.22. The van der Waals surface area contributed by atoms with E-state index in [1.807, 2.05) is 0 Å². The smallest absolute Gasteiger partial charge is 0.364 e. The number of hydrogen-bond donors (Lipinski definition) is 5. The first-order valence-corrected chi connectivity index (χ1v) is 12.0. The Kier molecular flexibility index (Phi) is 13.9. The van der Waals surface area contributed by atoms with Crippen LogP contribution in [0.5, 0.6) is 0 Å². The van der Waals surface area contributed by atoms with Gasteiger partial charge in [0.2, 0.25) is 0 Å². The lowest BCUT2D eigenvalue weighted by molar-refractivity contribution is 0.0691. The summed E-state index contributed by atoms with van der Waals surface area (Å²) in [6.45, 7) is 7.85. The number of nitrogens with zero attached hydrogens (tertiary/aromatic N) is 2. The Labute approximate surface area is 176 Å². The normalized spacial score (nSPS) is 12.0. The van der Waals surface area contributed by atoms with E-state index >= 15 is 0 Å². The van der Waals surface area contributed by atoms with Crippen LogP contribution in [0.25, 0.3) is 5.65 Å². The molecular formula is C17H30N2O9P2. The minimum absolute atomic E-state index is 0.106. The number of carboxylic acids is 1. The van der Waals surface area contributed by atoms with E-state index in [1.54, 1.807) is 26.0 Å². The molecule has 0 spiro atoms. The molecule has 5 N–H and O–H groups in total. The minimum atomic E-state index is -3.79. The van der Waals surface area contributed by atoms with E-state index in [0.717, 1.165) is 0 Å². The summed E-state index contributed by atoms with van der Waals surface area (Å²) >= 11 is 0. The molecule has 2 aromatic heterocycles. The molecule has 2 aromatic rings. The first-order chi connectivity index (χ1) is 14.1. The number of aliphatic hydroxyl groups excluding tert-OH is 1. The molecule has 2 heterocycles. The summed E-state index contributed by atoms with van der Waals surface area (Å²) in [7, 11) is -6.41. The van der Waals surface area contributed by atoms with Crippen molar-refractivity contribution in [3.8, 4) is 0 Å². The maximum Gasteiger partial charge on any atom is 0.364 e. The molecule has 172 valence electrons. The third kappa shape index (κ3) is 9.16. The molecule has 0 bridgehead atoms. The van der Waals surface area contributed by atoms with Gasteiger partial charge in [-0.15, -0.1) is 0 Å². The van der Waals surface area contributed by atoms with Gasteiger partial charge in [0.25, 0.3) is 0 Å². The van der Waals surface area contributed by atoms with Gasteiger partial charge in [-0.25, -0.2) is 9.78 Å². The summed E-state index contributed by atoms with van der Waals surface area (Å²) < 4.78 is 24.3. The second-order valence-corrected chi connectivity index (χ2v) is 8.25. The van der Waals surface area contributed by atoms with Crippen molar-refractivity contribution in [1.29, 1.82) is 0 Å². The van der Waals surface area contributed by atoms with Crippen LogP contribution in [0.15, 0.2) is 24.4 Å². The van der Waals surface area contributed by atoms with Crippen molar-refractivity contribution in [3.05, 3.63) is 35.8 Å². The van der Waals surface area contributed by atoms with Crippen LogP contribution >= 0.6 is 16.2 Å². The molecule has 30 heavy (non-hydrogen) atoms. The molecule has 0 radical (unpaired) electrons. The van der Waals surface area contributed by atoms with Crippen LogP contribution in [0.3, 0.4) is 0 Å². The molecule has 0 fully saturated rings. The summed E-state index contributed by atoms with van der Waals surface area (Å²) in [5.74, 6) is -2.74. The Morgan fingerprint density at radius 2 is 1.63 bits per heavy atom. The lowest BCUT2D eigenvalue weighted by Crippen LogP contribution is -2.09. The zero-order valence-corrected chi connectivity index (χ0v) is 19.2. The van der Waals surface area contributed by atoms with Crippen molar-refractivity contribution >= 4 is 27.8 Å². The molecule has 1 unspecified atom stereocenters. The van der Waals surface area contributed by atoms with Gasteiger partial charge in [-0.05, 0) is 26.0 Å². The molecular weight excluding hydrogens is 438 g/mol. The fourth-order valence-electron chi connectivity index (χ4n) is 2.05. The Morgan fingerprint density at radius 3 is 2.03 bits per heavy atom. The highest BCUT2D eigenvalue weighted by Crippen LogP contribution is 2.59. The van der Waals surface area contributed by atoms with Crippen molar-refractivity contribution in [2.45, 2.75) is 46.4 Å². The largest absolute Gasteiger partial charge is 0.476 e. The number of fused-ring (bicyclic) bond motifs is 1. The number of hydrogen-bond acceptors (Lipinski definition) is 9. The molecule has 0 amide bonds. The Balaban J connectivity index is 0.000000901. The second-order valence-electron chi connectivity index (χ2n) is 5.63. The van der Waals surface area contributed by atoms with Gasteiger partial charge < -0.3 is 33.9 Å². The molecule has 0 aliphatic rings. The van der Waals surface area contributed by atoms with Crippen molar-refractivity contribution in [1.82, 2.24) is 9.38 Å². The molecule has 13 heteroatoms. The SMILES string of the molecule is CCCC.CCOP(=O)(OCC)C(O)c1cccc2nc(C(=O)O)cn12.OP(O)O. The van der Waals surface area contributed by atoms with Gasteiger partial charge in [-0.1, -0.05) is 32.8 Å². The lowest BCUT2D eigenvalue weighted by Gasteiger charge is -2.23. The summed E-state index contributed by atoms with van der Waals surface area (Å²) in [5, 5.41) is 19.4. The Bertz CT molecular complexity index is 799. The van der Waals surface area contributed by atoms with E-state index in [9.17, 15) is 14.5 Å². The molecule has 0 aromatic carbocycles. The van der Waals surface area contributed by atoms with E-state index < -0.39 is 28.0 Å². The predicted molar refractivity (Wildman–Crippen MR) is 112 cm³/mol. The van der Waals surface area contributed by atoms with E-state index in [4.69, 9.17) is 28.8 Å². The summed E-state index contributed by atoms with van der Waals surface area (Å²) in [6.07, 6.45) is 3.89. The number of unbranched alkanes of at least 4 members (excludes halogenated alkanes) is 1. The zero-order chi connectivity index (χ0) is 23.3. The third-order valence-corrected chi connectivity index (χ3v) is 5.52. The summed E-state index contributed by atoms with van der Waals surface area (Å²) in [4.78, 5) is 36.6. The average Bonchev–Trinajstić information content (AvgIpc) is 3.12. The van der Waals surface area contributed by atoms with Gasteiger partial charge in [0.1, 0.15) is 5.65 Å². The van der Waals surface area contributed by atoms with Crippen LogP contribution in [0, 0.1) is 0 Å². The van der Waals surface area contributed by atoms with Crippen molar-refractivity contribution in [3.63, 3.8) is 0 Å². The maximum absolute atomic E-state index is 12.7. The first kappa shape index (κ1) is 28.6. The van der Waals surface area contributed by atoms with Crippen molar-refractivity contribution < 1.29 is 43.3 Å². The quantitative estimate of drug-likeness (QED) is 0.362. The lowest BCUT2D eigenvalue weighted by atomic mass is 10.3. The summed E-state index contributed by atoms with van der Waals surface area (Å²) in [6, 6.07) is 4.67. The molecule has 0 saturated carbocycles. The monoisotopic (exact) mass is 468 g/mol. The van der Waals surface area contributed by atoms with E-state index in [-0.39, 0.29) is 24.6 Å². The highest BCUT2D eigenvalue weighted by molar-refractivity contribution is 7.54. The summed E-state index contributed by atoms with van der Waals surface area (Å²) in [5.41, 5.74) is 0.318. The number of pyridine rings is 1. The Morgan fingerprint density at radius 1 is 1.13 bits per heavy atom. The number of carboxylic acid groups (broad SMARTS) is 1. The number of aromatic carboxylic acids is 1. The van der Waals surface area contributed by atoms with Gasteiger partial charge >= 0.3 is 22.2 Å². The second kappa shape index (κ2) is 14.6. The van der Waals surface area contributed by atoms with Crippen LogP contribution in [-0.4, -0.2) is 53.5 Å². The highest BCUT2D eigenvalue weighted by atomic mass is 31.2. The van der Waals surface area contributed by atoms with E-state index in [1.165, 1.54) is 29.5 Å². The molecule has 0 aliphatic carbocycles. The van der Waals surface area contributed by atoms with Crippen LogP contribution in [0.4, 0.5) is 0 Å².